The highest BCUT2D eigenvalue weighted by Gasteiger charge is 2.48. The number of phenolic OH excluding ortho intramolecular Hbond substituents is 1. The van der Waals surface area contributed by atoms with Crippen LogP contribution in [0.5, 0.6) is 11.5 Å². The SMILES string of the molecule is COc1cc([C@H](C2=C(O)CC(C)(C)CC2=O)C2C(=O)CC(C)(C)CC2=O)ccc1O. The van der Waals surface area contributed by atoms with Crippen molar-refractivity contribution in [1.29, 1.82) is 0 Å². The average Bonchev–Trinajstić information content (AvgIpc) is 2.57. The first-order valence-corrected chi connectivity index (χ1v) is 10.2. The number of methoxy groups -OCH3 is 1. The van der Waals surface area contributed by atoms with E-state index in [4.69, 9.17) is 4.74 Å². The molecule has 1 saturated carbocycles. The van der Waals surface area contributed by atoms with Crippen molar-refractivity contribution in [2.75, 3.05) is 7.11 Å². The Morgan fingerprint density at radius 2 is 1.50 bits per heavy atom. The molecule has 3 rings (SSSR count). The first-order chi connectivity index (χ1) is 13.8. The largest absolute Gasteiger partial charge is 0.512 e. The van der Waals surface area contributed by atoms with E-state index < -0.39 is 22.7 Å². The molecule has 6 heteroatoms. The molecule has 2 aliphatic carbocycles. The molecule has 6 nitrogen and oxygen atoms in total. The van der Waals surface area contributed by atoms with Gasteiger partial charge in [-0.25, -0.2) is 0 Å². The summed E-state index contributed by atoms with van der Waals surface area (Å²) in [5.41, 5.74) is -0.208. The minimum atomic E-state index is -1.05. The van der Waals surface area contributed by atoms with Gasteiger partial charge in [0.1, 0.15) is 17.3 Å². The second-order valence-corrected chi connectivity index (χ2v) is 10.1. The van der Waals surface area contributed by atoms with Crippen molar-refractivity contribution in [2.24, 2.45) is 16.7 Å². The molecule has 30 heavy (non-hydrogen) atoms. The van der Waals surface area contributed by atoms with E-state index >= 15 is 0 Å². The van der Waals surface area contributed by atoms with Crippen molar-refractivity contribution in [3.05, 3.63) is 35.1 Å². The van der Waals surface area contributed by atoms with E-state index in [0.717, 1.165) is 0 Å². The van der Waals surface area contributed by atoms with Crippen molar-refractivity contribution >= 4 is 17.3 Å². The van der Waals surface area contributed by atoms with Gasteiger partial charge < -0.3 is 14.9 Å². The third-order valence-corrected chi connectivity index (χ3v) is 6.10. The molecule has 0 saturated heterocycles. The number of ether oxygens (including phenoxy) is 1. The van der Waals surface area contributed by atoms with Crippen molar-refractivity contribution < 1.29 is 29.3 Å². The van der Waals surface area contributed by atoms with Crippen LogP contribution in [0, 0.1) is 16.7 Å². The van der Waals surface area contributed by atoms with E-state index in [-0.39, 0.29) is 59.4 Å². The van der Waals surface area contributed by atoms with E-state index in [1.54, 1.807) is 6.07 Å². The summed E-state index contributed by atoms with van der Waals surface area (Å²) in [5, 5.41) is 20.8. The molecule has 0 aromatic heterocycles. The molecular formula is C24H30O6. The first kappa shape index (κ1) is 22.1. The van der Waals surface area contributed by atoms with Crippen molar-refractivity contribution in [3.8, 4) is 11.5 Å². The van der Waals surface area contributed by atoms with E-state index in [0.29, 0.717) is 12.0 Å². The van der Waals surface area contributed by atoms with Gasteiger partial charge in [0.15, 0.2) is 17.3 Å². The fraction of sp³-hybridized carbons (Fsp3) is 0.542. The average molecular weight is 414 g/mol. The number of carbonyl (C=O) groups is 3. The van der Waals surface area contributed by atoms with Crippen LogP contribution >= 0.6 is 0 Å². The van der Waals surface area contributed by atoms with E-state index in [9.17, 15) is 24.6 Å². The summed E-state index contributed by atoms with van der Waals surface area (Å²) >= 11 is 0. The van der Waals surface area contributed by atoms with Crippen LogP contribution in [0.4, 0.5) is 0 Å². The molecule has 162 valence electrons. The third kappa shape index (κ3) is 4.13. The summed E-state index contributed by atoms with van der Waals surface area (Å²) in [6, 6.07) is 4.53. The molecular weight excluding hydrogens is 384 g/mol. The van der Waals surface area contributed by atoms with Gasteiger partial charge in [0.25, 0.3) is 0 Å². The fourth-order valence-electron chi connectivity index (χ4n) is 4.85. The number of benzene rings is 1. The van der Waals surface area contributed by atoms with Gasteiger partial charge in [-0.2, -0.15) is 0 Å². The Bertz CT molecular complexity index is 917. The molecule has 0 heterocycles. The van der Waals surface area contributed by atoms with Crippen LogP contribution in [-0.4, -0.2) is 34.7 Å². The highest BCUT2D eigenvalue weighted by atomic mass is 16.5. The Labute approximate surface area is 176 Å². The zero-order chi connectivity index (χ0) is 22.4. The Morgan fingerprint density at radius 1 is 0.933 bits per heavy atom. The van der Waals surface area contributed by atoms with Gasteiger partial charge in [0, 0.05) is 37.2 Å². The maximum Gasteiger partial charge on any atom is 0.163 e. The summed E-state index contributed by atoms with van der Waals surface area (Å²) in [7, 11) is 1.40. The molecule has 1 aromatic rings. The number of hydrogen-bond acceptors (Lipinski definition) is 6. The Morgan fingerprint density at radius 3 is 2.03 bits per heavy atom. The first-order valence-electron chi connectivity index (χ1n) is 10.2. The molecule has 1 fully saturated rings. The number of carbonyl (C=O) groups excluding carboxylic acids is 3. The normalized spacial score (nSPS) is 22.9. The zero-order valence-electron chi connectivity index (χ0n) is 18.2. The lowest BCUT2D eigenvalue weighted by molar-refractivity contribution is -0.140. The van der Waals surface area contributed by atoms with Crippen LogP contribution in [0.15, 0.2) is 29.5 Å². The Hall–Kier alpha value is -2.63. The molecule has 0 unspecified atom stereocenters. The number of aliphatic hydroxyl groups is 1. The lowest BCUT2D eigenvalue weighted by atomic mass is 9.62. The molecule has 0 amide bonds. The number of ketones is 3. The number of rotatable bonds is 4. The number of aromatic hydroxyl groups is 1. The lowest BCUT2D eigenvalue weighted by Crippen LogP contribution is -2.43. The molecule has 0 bridgehead atoms. The highest BCUT2D eigenvalue weighted by Crippen LogP contribution is 2.48. The summed E-state index contributed by atoms with van der Waals surface area (Å²) in [6.07, 6.45) is 0.963. The number of Topliss-reactive ketones (excluding diaryl/α,β-unsaturated/α-hetero) is 3. The quantitative estimate of drug-likeness (QED) is 0.714. The summed E-state index contributed by atoms with van der Waals surface area (Å²) < 4.78 is 5.20. The van der Waals surface area contributed by atoms with E-state index in [1.165, 1.54) is 19.2 Å². The van der Waals surface area contributed by atoms with Crippen LogP contribution in [0.3, 0.4) is 0 Å². The van der Waals surface area contributed by atoms with Crippen molar-refractivity contribution in [3.63, 3.8) is 0 Å². The standard InChI is InChI=1S/C24H30O6/c1-23(2)9-15(26)21(16(27)10-23)20(13-6-7-14(25)19(8-13)30-5)22-17(28)11-24(3,4)12-18(22)29/h6-8,20-21,25,28H,9-12H2,1-5H3/t20-/m0/s1. The van der Waals surface area contributed by atoms with Crippen LogP contribution < -0.4 is 4.74 Å². The van der Waals surface area contributed by atoms with Crippen LogP contribution in [0.25, 0.3) is 0 Å². The van der Waals surface area contributed by atoms with E-state index in [1.807, 2.05) is 27.7 Å². The minimum Gasteiger partial charge on any atom is -0.512 e. The number of phenols is 1. The molecule has 1 atom stereocenters. The third-order valence-electron chi connectivity index (χ3n) is 6.10. The smallest absolute Gasteiger partial charge is 0.163 e. The molecule has 0 spiro atoms. The van der Waals surface area contributed by atoms with Crippen molar-refractivity contribution in [1.82, 2.24) is 0 Å². The van der Waals surface area contributed by atoms with Crippen LogP contribution in [-0.2, 0) is 14.4 Å². The summed E-state index contributed by atoms with van der Waals surface area (Å²) in [5.74, 6) is -2.65. The molecule has 0 aliphatic heterocycles. The van der Waals surface area contributed by atoms with Gasteiger partial charge >= 0.3 is 0 Å². The summed E-state index contributed by atoms with van der Waals surface area (Å²) in [6.45, 7) is 7.55. The predicted molar refractivity (Wildman–Crippen MR) is 112 cm³/mol. The van der Waals surface area contributed by atoms with Gasteiger partial charge in [0.2, 0.25) is 0 Å². The minimum absolute atomic E-state index is 0.0706. The van der Waals surface area contributed by atoms with Gasteiger partial charge in [-0.3, -0.25) is 14.4 Å². The van der Waals surface area contributed by atoms with Crippen LogP contribution in [0.2, 0.25) is 0 Å². The maximum absolute atomic E-state index is 13.1. The second-order valence-electron chi connectivity index (χ2n) is 10.1. The van der Waals surface area contributed by atoms with Crippen molar-refractivity contribution in [2.45, 2.75) is 59.3 Å². The monoisotopic (exact) mass is 414 g/mol. The molecule has 1 aromatic carbocycles. The lowest BCUT2D eigenvalue weighted by Gasteiger charge is -2.39. The van der Waals surface area contributed by atoms with Gasteiger partial charge in [-0.05, 0) is 28.5 Å². The number of allylic oxidation sites excluding steroid dienone is 2. The summed E-state index contributed by atoms with van der Waals surface area (Å²) in [4.78, 5) is 39.4. The number of aliphatic hydroxyl groups excluding tert-OH is 1. The Kier molecular flexibility index (Phi) is 5.56. The molecule has 2 aliphatic rings. The number of hydrogen-bond donors (Lipinski definition) is 2. The zero-order valence-corrected chi connectivity index (χ0v) is 18.2. The van der Waals surface area contributed by atoms with Crippen LogP contribution in [0.1, 0.15) is 64.9 Å². The van der Waals surface area contributed by atoms with Gasteiger partial charge in [0.05, 0.1) is 13.0 Å². The molecule has 2 N–H and O–H groups in total. The predicted octanol–water partition coefficient (Wildman–Crippen LogP) is 4.26. The van der Waals surface area contributed by atoms with Gasteiger partial charge in [-0.1, -0.05) is 33.8 Å². The maximum atomic E-state index is 13.1. The van der Waals surface area contributed by atoms with E-state index in [2.05, 4.69) is 0 Å². The fourth-order valence-corrected chi connectivity index (χ4v) is 4.85. The molecule has 0 radical (unpaired) electrons. The highest BCUT2D eigenvalue weighted by molar-refractivity contribution is 6.09. The van der Waals surface area contributed by atoms with Gasteiger partial charge in [-0.15, -0.1) is 0 Å². The second kappa shape index (κ2) is 7.56. The Balaban J connectivity index is 2.19. The topological polar surface area (TPSA) is 101 Å².